The van der Waals surface area contributed by atoms with Crippen LogP contribution in [-0.4, -0.2) is 12.3 Å². The van der Waals surface area contributed by atoms with Gasteiger partial charge in [-0.15, -0.1) is 11.8 Å². The van der Waals surface area contributed by atoms with Crippen molar-refractivity contribution in [3.63, 3.8) is 0 Å². The average Bonchev–Trinajstić information content (AvgIpc) is 2.16. The fourth-order valence-corrected chi connectivity index (χ4v) is 2.20. The summed E-state index contributed by atoms with van der Waals surface area (Å²) < 4.78 is 0. The summed E-state index contributed by atoms with van der Waals surface area (Å²) in [4.78, 5) is 1.36. The Morgan fingerprint density at radius 1 is 1.21 bits per heavy atom. The van der Waals surface area contributed by atoms with E-state index in [-0.39, 0.29) is 0 Å². The predicted molar refractivity (Wildman–Crippen MR) is 64.9 cm³/mol. The molecule has 0 aromatic heterocycles. The van der Waals surface area contributed by atoms with Gasteiger partial charge in [0.15, 0.2) is 0 Å². The van der Waals surface area contributed by atoms with Gasteiger partial charge in [0.05, 0.1) is 0 Å². The average molecular weight is 209 g/mol. The summed E-state index contributed by atoms with van der Waals surface area (Å²) in [5.74, 6) is 0. The lowest BCUT2D eigenvalue weighted by Gasteiger charge is -2.12. The van der Waals surface area contributed by atoms with Crippen LogP contribution in [0.15, 0.2) is 29.2 Å². The lowest BCUT2D eigenvalue weighted by atomic mass is 10.1. The van der Waals surface area contributed by atoms with Crippen molar-refractivity contribution >= 4 is 11.8 Å². The maximum atomic E-state index is 3.25. The SMILES string of the molecule is CNC(C)c1cccc(SC(C)C)c1. The van der Waals surface area contributed by atoms with E-state index in [2.05, 4.69) is 50.4 Å². The van der Waals surface area contributed by atoms with E-state index in [4.69, 9.17) is 0 Å². The highest BCUT2D eigenvalue weighted by Crippen LogP contribution is 2.25. The highest BCUT2D eigenvalue weighted by atomic mass is 32.2. The van der Waals surface area contributed by atoms with Gasteiger partial charge in [-0.1, -0.05) is 26.0 Å². The van der Waals surface area contributed by atoms with Crippen molar-refractivity contribution in [3.05, 3.63) is 29.8 Å². The number of hydrogen-bond donors (Lipinski definition) is 1. The molecule has 1 nitrogen and oxygen atoms in total. The molecular formula is C12H19NS. The van der Waals surface area contributed by atoms with Gasteiger partial charge in [0.1, 0.15) is 0 Å². The topological polar surface area (TPSA) is 12.0 Å². The number of hydrogen-bond acceptors (Lipinski definition) is 2. The fraction of sp³-hybridized carbons (Fsp3) is 0.500. The van der Waals surface area contributed by atoms with Crippen molar-refractivity contribution in [3.8, 4) is 0 Å². The molecule has 1 N–H and O–H groups in total. The van der Waals surface area contributed by atoms with E-state index in [1.165, 1.54) is 10.5 Å². The predicted octanol–water partition coefficient (Wildman–Crippen LogP) is 3.47. The smallest absolute Gasteiger partial charge is 0.0289 e. The van der Waals surface area contributed by atoms with Gasteiger partial charge in [0.2, 0.25) is 0 Å². The number of thioether (sulfide) groups is 1. The Kier molecular flexibility index (Phi) is 4.49. The van der Waals surface area contributed by atoms with Crippen LogP contribution in [0.3, 0.4) is 0 Å². The Morgan fingerprint density at radius 3 is 2.50 bits per heavy atom. The van der Waals surface area contributed by atoms with Crippen LogP contribution in [0.5, 0.6) is 0 Å². The van der Waals surface area contributed by atoms with E-state index < -0.39 is 0 Å². The van der Waals surface area contributed by atoms with Crippen LogP contribution in [0.1, 0.15) is 32.4 Å². The summed E-state index contributed by atoms with van der Waals surface area (Å²) >= 11 is 1.91. The minimum absolute atomic E-state index is 0.433. The first-order valence-corrected chi connectivity index (χ1v) is 5.95. The van der Waals surface area contributed by atoms with Gasteiger partial charge in [-0.2, -0.15) is 0 Å². The van der Waals surface area contributed by atoms with Gasteiger partial charge in [-0.05, 0) is 31.7 Å². The third kappa shape index (κ3) is 3.35. The van der Waals surface area contributed by atoms with Crippen molar-refractivity contribution in [2.45, 2.75) is 37.0 Å². The summed E-state index contributed by atoms with van der Waals surface area (Å²) in [6.07, 6.45) is 0. The minimum atomic E-state index is 0.433. The summed E-state index contributed by atoms with van der Waals surface area (Å²) in [5.41, 5.74) is 1.36. The molecule has 0 saturated heterocycles. The third-order valence-corrected chi connectivity index (χ3v) is 3.16. The molecule has 0 heterocycles. The maximum absolute atomic E-state index is 3.25. The molecular weight excluding hydrogens is 190 g/mol. The van der Waals surface area contributed by atoms with Crippen molar-refractivity contribution in [2.75, 3.05) is 7.05 Å². The Labute approximate surface area is 91.3 Å². The van der Waals surface area contributed by atoms with E-state index in [1.54, 1.807) is 0 Å². The fourth-order valence-electron chi connectivity index (χ4n) is 1.30. The van der Waals surface area contributed by atoms with Crippen LogP contribution in [0.4, 0.5) is 0 Å². The van der Waals surface area contributed by atoms with Crippen LogP contribution >= 0.6 is 11.8 Å². The van der Waals surface area contributed by atoms with Crippen LogP contribution in [0.25, 0.3) is 0 Å². The van der Waals surface area contributed by atoms with E-state index in [9.17, 15) is 0 Å². The van der Waals surface area contributed by atoms with Gasteiger partial charge in [-0.3, -0.25) is 0 Å². The highest BCUT2D eigenvalue weighted by Gasteiger charge is 2.04. The van der Waals surface area contributed by atoms with E-state index in [0.717, 1.165) is 0 Å². The first kappa shape index (κ1) is 11.6. The zero-order chi connectivity index (χ0) is 10.6. The lowest BCUT2D eigenvalue weighted by Crippen LogP contribution is -2.12. The molecule has 2 heteroatoms. The third-order valence-electron chi connectivity index (χ3n) is 2.16. The summed E-state index contributed by atoms with van der Waals surface area (Å²) in [6.45, 7) is 6.62. The van der Waals surface area contributed by atoms with Crippen molar-refractivity contribution < 1.29 is 0 Å². The molecule has 0 fully saturated rings. The minimum Gasteiger partial charge on any atom is -0.313 e. The molecule has 0 aliphatic carbocycles. The Morgan fingerprint density at radius 2 is 1.93 bits per heavy atom. The second-order valence-corrected chi connectivity index (χ2v) is 5.40. The first-order chi connectivity index (χ1) is 6.63. The molecule has 1 atom stereocenters. The van der Waals surface area contributed by atoms with Crippen LogP contribution in [0.2, 0.25) is 0 Å². The summed E-state index contributed by atoms with van der Waals surface area (Å²) in [7, 11) is 1.99. The second kappa shape index (κ2) is 5.42. The van der Waals surface area contributed by atoms with Crippen LogP contribution in [0, 0.1) is 0 Å². The Balaban J connectivity index is 2.78. The number of rotatable bonds is 4. The molecule has 1 rings (SSSR count). The molecule has 0 aliphatic rings. The molecule has 14 heavy (non-hydrogen) atoms. The molecule has 0 amide bonds. The Bertz CT molecular complexity index is 283. The largest absolute Gasteiger partial charge is 0.313 e. The molecule has 0 aliphatic heterocycles. The molecule has 0 spiro atoms. The standard InChI is InChI=1S/C12H19NS/c1-9(2)14-12-7-5-6-11(8-12)10(3)13-4/h5-10,13H,1-4H3. The summed E-state index contributed by atoms with van der Waals surface area (Å²) in [6, 6.07) is 9.18. The van der Waals surface area contributed by atoms with E-state index in [1.807, 2.05) is 18.8 Å². The monoisotopic (exact) mass is 209 g/mol. The number of nitrogens with one attached hydrogen (secondary N) is 1. The molecule has 78 valence electrons. The molecule has 0 saturated carbocycles. The van der Waals surface area contributed by atoms with Crippen molar-refractivity contribution in [1.29, 1.82) is 0 Å². The summed E-state index contributed by atoms with van der Waals surface area (Å²) in [5, 5.41) is 3.90. The number of benzene rings is 1. The molecule has 1 aromatic carbocycles. The van der Waals surface area contributed by atoms with Gasteiger partial charge < -0.3 is 5.32 Å². The Hall–Kier alpha value is -0.470. The molecule has 1 aromatic rings. The normalized spacial score (nSPS) is 13.2. The van der Waals surface area contributed by atoms with E-state index in [0.29, 0.717) is 11.3 Å². The van der Waals surface area contributed by atoms with E-state index >= 15 is 0 Å². The maximum Gasteiger partial charge on any atom is 0.0289 e. The molecule has 1 unspecified atom stereocenters. The van der Waals surface area contributed by atoms with Gasteiger partial charge in [-0.25, -0.2) is 0 Å². The van der Waals surface area contributed by atoms with Crippen LogP contribution < -0.4 is 5.32 Å². The molecule has 0 radical (unpaired) electrons. The zero-order valence-corrected chi connectivity index (χ0v) is 10.2. The van der Waals surface area contributed by atoms with Crippen molar-refractivity contribution in [1.82, 2.24) is 5.32 Å². The van der Waals surface area contributed by atoms with Gasteiger partial charge >= 0.3 is 0 Å². The molecule has 0 bridgehead atoms. The van der Waals surface area contributed by atoms with Gasteiger partial charge in [0.25, 0.3) is 0 Å². The lowest BCUT2D eigenvalue weighted by molar-refractivity contribution is 0.651. The quantitative estimate of drug-likeness (QED) is 0.762. The zero-order valence-electron chi connectivity index (χ0n) is 9.37. The first-order valence-electron chi connectivity index (χ1n) is 5.07. The highest BCUT2D eigenvalue weighted by molar-refractivity contribution is 7.99. The van der Waals surface area contributed by atoms with Gasteiger partial charge in [0, 0.05) is 16.2 Å². The van der Waals surface area contributed by atoms with Crippen LogP contribution in [-0.2, 0) is 0 Å². The second-order valence-electron chi connectivity index (χ2n) is 3.75. The van der Waals surface area contributed by atoms with Crippen molar-refractivity contribution in [2.24, 2.45) is 0 Å².